The highest BCUT2D eigenvalue weighted by Crippen LogP contribution is 2.32. The van der Waals surface area contributed by atoms with Crippen molar-refractivity contribution in [2.75, 3.05) is 51.5 Å². The molecule has 0 saturated carbocycles. The largest absolute Gasteiger partial charge is 0.506 e. The number of urea groups is 1. The standard InChI is InChI=1S/C32H36N8O2/c41-28-23-24(17-18-27(28)34-32(42)40(25-13-5-1-6-14-25)26-15-7-2-8-16-26)33-29-35-30(38-19-9-3-10-20-38)37-31(36-29)39-21-11-4-12-22-39/h1-2,5-8,13-18,23,41H,3-4,9-12,19-22H2,(H,34,42)(H,33,35,36,37). The zero-order chi connectivity index (χ0) is 28.7. The van der Waals surface area contributed by atoms with Crippen molar-refractivity contribution in [3.05, 3.63) is 78.9 Å². The minimum absolute atomic E-state index is 0.0732. The number of carbonyl (C=O) groups excluding carboxylic acids is 1. The number of carbonyl (C=O) groups is 1. The van der Waals surface area contributed by atoms with Crippen molar-refractivity contribution in [3.63, 3.8) is 0 Å². The van der Waals surface area contributed by atoms with E-state index < -0.39 is 6.03 Å². The number of hydrogen-bond acceptors (Lipinski definition) is 8. The number of anilines is 7. The summed E-state index contributed by atoms with van der Waals surface area (Å²) in [4.78, 5) is 33.8. The lowest BCUT2D eigenvalue weighted by Gasteiger charge is -2.30. The molecular formula is C32H36N8O2. The lowest BCUT2D eigenvalue weighted by atomic mass is 10.1. The first-order valence-corrected chi connectivity index (χ1v) is 14.7. The number of nitrogens with one attached hydrogen (secondary N) is 2. The summed E-state index contributed by atoms with van der Waals surface area (Å²) in [5, 5.41) is 17.0. The number of piperidine rings is 2. The van der Waals surface area contributed by atoms with Crippen LogP contribution in [0.5, 0.6) is 5.75 Å². The number of nitrogens with zero attached hydrogens (tertiary/aromatic N) is 6. The first-order chi connectivity index (χ1) is 20.6. The lowest BCUT2D eigenvalue weighted by molar-refractivity contribution is 0.259. The molecule has 2 fully saturated rings. The molecule has 3 aromatic carbocycles. The van der Waals surface area contributed by atoms with Crippen molar-refractivity contribution in [2.24, 2.45) is 0 Å². The van der Waals surface area contributed by atoms with Crippen LogP contribution in [-0.2, 0) is 0 Å². The van der Waals surface area contributed by atoms with Gasteiger partial charge in [-0.25, -0.2) is 4.79 Å². The van der Waals surface area contributed by atoms with E-state index >= 15 is 0 Å². The third kappa shape index (κ3) is 6.38. The van der Waals surface area contributed by atoms with E-state index in [1.165, 1.54) is 12.8 Å². The molecule has 0 radical (unpaired) electrons. The summed E-state index contributed by atoms with van der Waals surface area (Å²) in [6.45, 7) is 3.73. The maximum atomic E-state index is 13.5. The van der Waals surface area contributed by atoms with Crippen molar-refractivity contribution in [2.45, 2.75) is 38.5 Å². The van der Waals surface area contributed by atoms with Gasteiger partial charge in [-0.05, 0) is 74.9 Å². The number of para-hydroxylation sites is 2. The molecule has 10 heteroatoms. The summed E-state index contributed by atoms with van der Waals surface area (Å²) < 4.78 is 0. The molecule has 0 unspecified atom stereocenters. The second-order valence-corrected chi connectivity index (χ2v) is 10.6. The molecule has 1 aromatic heterocycles. The molecule has 42 heavy (non-hydrogen) atoms. The Morgan fingerprint density at radius 1 is 0.690 bits per heavy atom. The molecule has 3 heterocycles. The lowest BCUT2D eigenvalue weighted by Crippen LogP contribution is -2.34. The molecule has 2 aliphatic heterocycles. The monoisotopic (exact) mass is 564 g/mol. The van der Waals surface area contributed by atoms with Crippen molar-refractivity contribution >= 4 is 46.6 Å². The van der Waals surface area contributed by atoms with Crippen LogP contribution < -0.4 is 25.3 Å². The van der Waals surface area contributed by atoms with Crippen LogP contribution >= 0.6 is 0 Å². The summed E-state index contributed by atoms with van der Waals surface area (Å²) in [6.07, 6.45) is 6.95. The minimum atomic E-state index is -0.391. The van der Waals surface area contributed by atoms with Crippen LogP contribution in [0.25, 0.3) is 0 Å². The maximum absolute atomic E-state index is 13.5. The second-order valence-electron chi connectivity index (χ2n) is 10.6. The first kappa shape index (κ1) is 27.3. The molecule has 10 nitrogen and oxygen atoms in total. The Bertz CT molecular complexity index is 1410. The van der Waals surface area contributed by atoms with Gasteiger partial charge < -0.3 is 25.5 Å². The molecule has 3 N–H and O–H groups in total. The highest BCUT2D eigenvalue weighted by molar-refractivity contribution is 6.07. The van der Waals surface area contributed by atoms with Gasteiger partial charge in [0.1, 0.15) is 5.75 Å². The average Bonchev–Trinajstić information content (AvgIpc) is 3.04. The molecule has 6 rings (SSSR count). The van der Waals surface area contributed by atoms with E-state index in [4.69, 9.17) is 15.0 Å². The summed E-state index contributed by atoms with van der Waals surface area (Å²) in [6, 6.07) is 23.4. The summed E-state index contributed by atoms with van der Waals surface area (Å²) >= 11 is 0. The van der Waals surface area contributed by atoms with E-state index in [1.54, 1.807) is 23.1 Å². The Morgan fingerprint density at radius 2 is 1.21 bits per heavy atom. The summed E-state index contributed by atoms with van der Waals surface area (Å²) in [7, 11) is 0. The van der Waals surface area contributed by atoms with E-state index in [2.05, 4.69) is 20.4 Å². The van der Waals surface area contributed by atoms with Crippen LogP contribution in [0.2, 0.25) is 0 Å². The SMILES string of the molecule is O=C(Nc1ccc(Nc2nc(N3CCCCC3)nc(N3CCCCC3)n2)cc1O)N(c1ccccc1)c1ccccc1. The fourth-order valence-corrected chi connectivity index (χ4v) is 5.43. The van der Waals surface area contributed by atoms with E-state index in [1.807, 2.05) is 60.7 Å². The van der Waals surface area contributed by atoms with Crippen molar-refractivity contribution in [1.82, 2.24) is 15.0 Å². The Labute approximate surface area is 246 Å². The van der Waals surface area contributed by atoms with E-state index in [0.717, 1.165) is 51.9 Å². The average molecular weight is 565 g/mol. The summed E-state index contributed by atoms with van der Waals surface area (Å²) in [5.74, 6) is 1.73. The van der Waals surface area contributed by atoms with Gasteiger partial charge >= 0.3 is 6.03 Å². The number of aromatic hydroxyl groups is 1. The second kappa shape index (κ2) is 12.8. The number of phenols is 1. The van der Waals surface area contributed by atoms with E-state index in [0.29, 0.717) is 40.6 Å². The molecule has 2 saturated heterocycles. The molecular weight excluding hydrogens is 528 g/mol. The number of hydrogen-bond donors (Lipinski definition) is 3. The Kier molecular flexibility index (Phi) is 8.30. The van der Waals surface area contributed by atoms with Gasteiger partial charge in [0.2, 0.25) is 17.8 Å². The molecule has 2 amide bonds. The third-order valence-electron chi connectivity index (χ3n) is 7.62. The Hall–Kier alpha value is -4.86. The predicted octanol–water partition coefficient (Wildman–Crippen LogP) is 6.67. The predicted molar refractivity (Wildman–Crippen MR) is 167 cm³/mol. The fraction of sp³-hybridized carbons (Fsp3) is 0.312. The molecule has 0 spiro atoms. The van der Waals surface area contributed by atoms with Gasteiger partial charge in [0.15, 0.2) is 0 Å². The van der Waals surface area contributed by atoms with E-state index in [-0.39, 0.29) is 5.75 Å². The van der Waals surface area contributed by atoms with Crippen LogP contribution in [0.4, 0.5) is 45.4 Å². The highest BCUT2D eigenvalue weighted by atomic mass is 16.3. The number of amides is 2. The number of aromatic nitrogens is 3. The number of rotatable bonds is 7. The molecule has 0 bridgehead atoms. The number of phenolic OH excluding ortho intramolecular Hbond substituents is 1. The van der Waals surface area contributed by atoms with Crippen LogP contribution in [0.3, 0.4) is 0 Å². The molecule has 4 aromatic rings. The number of benzene rings is 3. The van der Waals surface area contributed by atoms with Gasteiger partial charge in [-0.2, -0.15) is 15.0 Å². The van der Waals surface area contributed by atoms with Crippen LogP contribution in [0, 0.1) is 0 Å². The normalized spacial score (nSPS) is 15.2. The van der Waals surface area contributed by atoms with Crippen LogP contribution in [-0.4, -0.2) is 52.3 Å². The van der Waals surface area contributed by atoms with Crippen molar-refractivity contribution in [1.29, 1.82) is 0 Å². The molecule has 0 atom stereocenters. The fourth-order valence-electron chi connectivity index (χ4n) is 5.43. The molecule has 2 aliphatic rings. The van der Waals surface area contributed by atoms with Gasteiger partial charge in [0.25, 0.3) is 0 Å². The smallest absolute Gasteiger partial charge is 0.331 e. The topological polar surface area (TPSA) is 110 Å². The first-order valence-electron chi connectivity index (χ1n) is 14.7. The van der Waals surface area contributed by atoms with Gasteiger partial charge in [0.05, 0.1) is 17.1 Å². The molecule has 0 aliphatic carbocycles. The quantitative estimate of drug-likeness (QED) is 0.214. The zero-order valence-corrected chi connectivity index (χ0v) is 23.6. The van der Waals surface area contributed by atoms with Crippen LogP contribution in [0.15, 0.2) is 78.9 Å². The van der Waals surface area contributed by atoms with Gasteiger partial charge in [-0.3, -0.25) is 4.90 Å². The summed E-state index contributed by atoms with van der Waals surface area (Å²) in [5.41, 5.74) is 2.32. The maximum Gasteiger partial charge on any atom is 0.331 e. The van der Waals surface area contributed by atoms with Crippen molar-refractivity contribution in [3.8, 4) is 5.75 Å². The van der Waals surface area contributed by atoms with Gasteiger partial charge in [0, 0.05) is 37.9 Å². The van der Waals surface area contributed by atoms with Gasteiger partial charge in [-0.1, -0.05) is 36.4 Å². The Morgan fingerprint density at radius 3 is 1.71 bits per heavy atom. The minimum Gasteiger partial charge on any atom is -0.506 e. The Balaban J connectivity index is 1.22. The van der Waals surface area contributed by atoms with Crippen LogP contribution in [0.1, 0.15) is 38.5 Å². The zero-order valence-electron chi connectivity index (χ0n) is 23.6. The third-order valence-corrected chi connectivity index (χ3v) is 7.62. The van der Waals surface area contributed by atoms with E-state index in [9.17, 15) is 9.90 Å². The van der Waals surface area contributed by atoms with Gasteiger partial charge in [-0.15, -0.1) is 0 Å². The molecule has 216 valence electrons. The highest BCUT2D eigenvalue weighted by Gasteiger charge is 2.22. The van der Waals surface area contributed by atoms with Crippen molar-refractivity contribution < 1.29 is 9.90 Å².